The fourth-order valence-electron chi connectivity index (χ4n) is 7.77. The Hall–Kier alpha value is -1.96. The minimum absolute atomic E-state index is 0.202. The third-order valence-electron chi connectivity index (χ3n) is 8.95. The fourth-order valence-corrected chi connectivity index (χ4v) is 7.77. The summed E-state index contributed by atoms with van der Waals surface area (Å²) in [5, 5.41) is 20.3. The van der Waals surface area contributed by atoms with E-state index in [2.05, 4.69) is 38.1 Å². The highest BCUT2D eigenvalue weighted by molar-refractivity contribution is 5.45. The molecule has 6 rings (SSSR count). The van der Waals surface area contributed by atoms with Gasteiger partial charge < -0.3 is 10.2 Å². The molecule has 4 aliphatic rings. The lowest BCUT2D eigenvalue weighted by molar-refractivity contribution is -0.113. The molecule has 0 radical (unpaired) electrons. The molecule has 2 heteroatoms. The molecule has 2 atom stereocenters. The van der Waals surface area contributed by atoms with Crippen LogP contribution in [-0.4, -0.2) is 10.2 Å². The minimum atomic E-state index is 0.202. The van der Waals surface area contributed by atoms with E-state index >= 15 is 0 Å². The molecule has 0 amide bonds. The molecule has 2 nitrogen and oxygen atoms in total. The van der Waals surface area contributed by atoms with E-state index in [1.54, 1.807) is 0 Å². The molecule has 4 saturated carbocycles. The first-order valence-electron chi connectivity index (χ1n) is 11.3. The first-order chi connectivity index (χ1) is 13.7. The van der Waals surface area contributed by atoms with E-state index in [9.17, 15) is 10.2 Å². The highest BCUT2D eigenvalue weighted by Crippen LogP contribution is 2.72. The fraction of sp³-hybridized carbons (Fsp3) is 0.556. The molecule has 0 heterocycles. The number of phenols is 2. The van der Waals surface area contributed by atoms with Crippen LogP contribution in [0.2, 0.25) is 0 Å². The van der Waals surface area contributed by atoms with Crippen molar-refractivity contribution in [2.75, 3.05) is 0 Å². The van der Waals surface area contributed by atoms with Crippen LogP contribution < -0.4 is 0 Å². The highest BCUT2D eigenvalue weighted by Gasteiger charge is 2.64. The molecule has 2 N–H and O–H groups in total. The van der Waals surface area contributed by atoms with Gasteiger partial charge in [0.25, 0.3) is 0 Å². The average molecular weight is 391 g/mol. The second-order valence-corrected chi connectivity index (χ2v) is 11.1. The Kier molecular flexibility index (Phi) is 3.96. The molecule has 4 bridgehead atoms. The number of aromatic hydroxyl groups is 2. The number of hydrogen-bond donors (Lipinski definition) is 2. The van der Waals surface area contributed by atoms with E-state index in [4.69, 9.17) is 0 Å². The Morgan fingerprint density at radius 1 is 0.759 bits per heavy atom. The van der Waals surface area contributed by atoms with Gasteiger partial charge >= 0.3 is 0 Å². The number of phenolic OH excluding ortho intramolecular Hbond substituents is 2. The number of benzene rings is 2. The number of aryl methyl sites for hydroxylation is 2. The van der Waals surface area contributed by atoms with E-state index in [0.717, 1.165) is 17.0 Å². The van der Waals surface area contributed by atoms with Crippen molar-refractivity contribution in [2.24, 2.45) is 17.3 Å². The Morgan fingerprint density at radius 2 is 1.24 bits per heavy atom. The maximum absolute atomic E-state index is 10.1. The van der Waals surface area contributed by atoms with Crippen molar-refractivity contribution >= 4 is 0 Å². The number of hydrogen-bond acceptors (Lipinski definition) is 2. The van der Waals surface area contributed by atoms with E-state index in [1.807, 2.05) is 26.0 Å². The first-order valence-corrected chi connectivity index (χ1v) is 11.3. The number of rotatable bonds is 3. The van der Waals surface area contributed by atoms with Crippen molar-refractivity contribution in [3.63, 3.8) is 0 Å². The van der Waals surface area contributed by atoms with Crippen LogP contribution in [0.1, 0.15) is 74.6 Å². The highest BCUT2D eigenvalue weighted by atomic mass is 16.3. The molecule has 0 saturated heterocycles. The van der Waals surface area contributed by atoms with E-state index < -0.39 is 0 Å². The Labute approximate surface area is 175 Å². The molecule has 2 unspecified atom stereocenters. The zero-order valence-corrected chi connectivity index (χ0v) is 18.3. The average Bonchev–Trinajstić information content (AvgIpc) is 2.65. The van der Waals surface area contributed by atoms with Crippen LogP contribution in [0, 0.1) is 31.1 Å². The normalized spacial score (nSPS) is 35.4. The van der Waals surface area contributed by atoms with Crippen LogP contribution in [0.4, 0.5) is 0 Å². The molecule has 2 aromatic carbocycles. The van der Waals surface area contributed by atoms with Crippen LogP contribution in [0.15, 0.2) is 36.4 Å². The van der Waals surface area contributed by atoms with Gasteiger partial charge in [-0.05, 0) is 115 Å². The smallest absolute Gasteiger partial charge is 0.118 e. The maximum Gasteiger partial charge on any atom is 0.118 e. The lowest BCUT2D eigenvalue weighted by atomic mass is 9.36. The molecule has 154 valence electrons. The molecule has 4 fully saturated rings. The van der Waals surface area contributed by atoms with Crippen LogP contribution in [-0.2, 0) is 10.8 Å². The summed E-state index contributed by atoms with van der Waals surface area (Å²) in [5.74, 6) is 2.24. The third kappa shape index (κ3) is 2.67. The van der Waals surface area contributed by atoms with Crippen LogP contribution >= 0.6 is 0 Å². The Balaban J connectivity index is 1.68. The summed E-state index contributed by atoms with van der Waals surface area (Å²) < 4.78 is 0. The Bertz CT molecular complexity index is 905. The van der Waals surface area contributed by atoms with Gasteiger partial charge in [0, 0.05) is 0 Å². The van der Waals surface area contributed by atoms with Crippen molar-refractivity contribution in [1.29, 1.82) is 0 Å². The summed E-state index contributed by atoms with van der Waals surface area (Å²) >= 11 is 0. The second-order valence-electron chi connectivity index (χ2n) is 11.1. The van der Waals surface area contributed by atoms with Crippen LogP contribution in [0.25, 0.3) is 0 Å². The maximum atomic E-state index is 10.1. The third-order valence-corrected chi connectivity index (χ3v) is 8.95. The zero-order chi connectivity index (χ0) is 20.6. The van der Waals surface area contributed by atoms with Crippen LogP contribution in [0.5, 0.6) is 11.5 Å². The lowest BCUT2D eigenvalue weighted by Crippen LogP contribution is -2.61. The molecule has 2 aromatic rings. The summed E-state index contributed by atoms with van der Waals surface area (Å²) in [6.45, 7) is 8.91. The topological polar surface area (TPSA) is 40.5 Å². The molecule has 0 spiro atoms. The predicted molar refractivity (Wildman–Crippen MR) is 118 cm³/mol. The van der Waals surface area contributed by atoms with Gasteiger partial charge in [-0.25, -0.2) is 0 Å². The standard InChI is InChI=1S/C27H34O2/c1-17(2)25-11-20-12-26(14-25,21-5-7-23(28)18(3)9-21)16-27(13-20,15-25)22-6-8-24(29)19(4)10-22/h5-10,17,20,28-29H,11-16H2,1-4H3. The summed E-state index contributed by atoms with van der Waals surface area (Å²) in [6.07, 6.45) is 7.67. The Morgan fingerprint density at radius 3 is 1.66 bits per heavy atom. The van der Waals surface area contributed by atoms with E-state index in [-0.39, 0.29) is 10.8 Å². The largest absolute Gasteiger partial charge is 0.508 e. The zero-order valence-electron chi connectivity index (χ0n) is 18.3. The monoisotopic (exact) mass is 390 g/mol. The predicted octanol–water partition coefficient (Wildman–Crippen LogP) is 6.53. The quantitative estimate of drug-likeness (QED) is 0.625. The summed E-state index contributed by atoms with van der Waals surface area (Å²) in [4.78, 5) is 0. The summed E-state index contributed by atoms with van der Waals surface area (Å²) in [5.41, 5.74) is 5.64. The minimum Gasteiger partial charge on any atom is -0.508 e. The van der Waals surface area contributed by atoms with Gasteiger partial charge in [0.05, 0.1) is 0 Å². The molecule has 29 heavy (non-hydrogen) atoms. The first kappa shape index (κ1) is 19.0. The molecule has 4 aliphatic carbocycles. The van der Waals surface area contributed by atoms with Gasteiger partial charge in [0.15, 0.2) is 0 Å². The van der Waals surface area contributed by atoms with Crippen LogP contribution in [0.3, 0.4) is 0 Å². The van der Waals surface area contributed by atoms with Gasteiger partial charge in [-0.2, -0.15) is 0 Å². The summed E-state index contributed by atoms with van der Waals surface area (Å²) in [7, 11) is 0. The van der Waals surface area contributed by atoms with Crippen molar-refractivity contribution in [2.45, 2.75) is 77.0 Å². The second kappa shape index (κ2) is 6.03. The SMILES string of the molecule is Cc1cc(C23CC4CC(c5ccc(O)c(C)c5)(C2)CC(C(C)C)(C4)C3)ccc1O. The van der Waals surface area contributed by atoms with E-state index in [0.29, 0.717) is 22.8 Å². The van der Waals surface area contributed by atoms with Gasteiger partial charge in [-0.1, -0.05) is 38.1 Å². The molecule has 0 aromatic heterocycles. The van der Waals surface area contributed by atoms with Crippen molar-refractivity contribution in [3.05, 3.63) is 58.7 Å². The van der Waals surface area contributed by atoms with Crippen molar-refractivity contribution < 1.29 is 10.2 Å². The molecular formula is C27H34O2. The molecule has 0 aliphatic heterocycles. The van der Waals surface area contributed by atoms with Gasteiger partial charge in [0.2, 0.25) is 0 Å². The van der Waals surface area contributed by atoms with Gasteiger partial charge in [-0.15, -0.1) is 0 Å². The van der Waals surface area contributed by atoms with Gasteiger partial charge in [-0.3, -0.25) is 0 Å². The summed E-state index contributed by atoms with van der Waals surface area (Å²) in [6, 6.07) is 12.7. The van der Waals surface area contributed by atoms with Crippen molar-refractivity contribution in [3.8, 4) is 11.5 Å². The molecular weight excluding hydrogens is 356 g/mol. The van der Waals surface area contributed by atoms with Gasteiger partial charge in [0.1, 0.15) is 11.5 Å². The lowest BCUT2D eigenvalue weighted by Gasteiger charge is -2.68. The van der Waals surface area contributed by atoms with Crippen molar-refractivity contribution in [1.82, 2.24) is 0 Å². The van der Waals surface area contributed by atoms with E-state index in [1.165, 1.54) is 49.7 Å².